The molecular weight excluding hydrogens is 251 g/mol. The standard InChI is InChI=1S/C10H10BrClO/c11-9(10(13)7-12)6-8-4-2-1-3-5-8/h1-6,10,13H,7H2/b9-6-/t10-/m0/s1. The molecule has 0 amide bonds. The van der Waals surface area contributed by atoms with Gasteiger partial charge in [0.1, 0.15) is 0 Å². The summed E-state index contributed by atoms with van der Waals surface area (Å²) in [5, 5.41) is 9.34. The molecule has 0 aliphatic rings. The number of alkyl halides is 1. The second kappa shape index (κ2) is 5.43. The third-order valence-corrected chi connectivity index (χ3v) is 2.62. The van der Waals surface area contributed by atoms with Crippen molar-refractivity contribution >= 4 is 33.6 Å². The Morgan fingerprint density at radius 3 is 2.62 bits per heavy atom. The first-order chi connectivity index (χ1) is 6.24. The first-order valence-corrected chi connectivity index (χ1v) is 5.23. The van der Waals surface area contributed by atoms with Crippen molar-refractivity contribution in [3.8, 4) is 0 Å². The second-order valence-electron chi connectivity index (χ2n) is 2.61. The van der Waals surface area contributed by atoms with Crippen molar-refractivity contribution in [3.63, 3.8) is 0 Å². The molecule has 0 aromatic heterocycles. The van der Waals surface area contributed by atoms with Crippen LogP contribution in [-0.2, 0) is 0 Å². The van der Waals surface area contributed by atoms with Gasteiger partial charge in [-0.3, -0.25) is 0 Å². The molecule has 0 radical (unpaired) electrons. The summed E-state index contributed by atoms with van der Waals surface area (Å²) >= 11 is 8.76. The average Bonchev–Trinajstić information content (AvgIpc) is 2.18. The van der Waals surface area contributed by atoms with Crippen molar-refractivity contribution < 1.29 is 5.11 Å². The van der Waals surface area contributed by atoms with Gasteiger partial charge >= 0.3 is 0 Å². The van der Waals surface area contributed by atoms with E-state index in [1.54, 1.807) is 0 Å². The van der Waals surface area contributed by atoms with Crippen molar-refractivity contribution in [1.29, 1.82) is 0 Å². The van der Waals surface area contributed by atoms with Crippen LogP contribution in [0, 0.1) is 0 Å². The zero-order valence-corrected chi connectivity index (χ0v) is 9.29. The largest absolute Gasteiger partial charge is 0.387 e. The Morgan fingerprint density at radius 1 is 1.46 bits per heavy atom. The van der Waals surface area contributed by atoms with E-state index in [0.717, 1.165) is 5.56 Å². The number of hydrogen-bond donors (Lipinski definition) is 1. The summed E-state index contributed by atoms with van der Waals surface area (Å²) in [6, 6.07) is 9.76. The molecule has 0 aliphatic carbocycles. The van der Waals surface area contributed by atoms with Crippen LogP contribution in [0.3, 0.4) is 0 Å². The van der Waals surface area contributed by atoms with E-state index in [1.165, 1.54) is 0 Å². The smallest absolute Gasteiger partial charge is 0.0989 e. The summed E-state index contributed by atoms with van der Waals surface area (Å²) in [5.41, 5.74) is 1.04. The number of aliphatic hydroxyl groups is 1. The fourth-order valence-electron chi connectivity index (χ4n) is 0.878. The maximum absolute atomic E-state index is 9.34. The molecule has 0 bridgehead atoms. The van der Waals surface area contributed by atoms with Gasteiger partial charge in [-0.15, -0.1) is 11.6 Å². The van der Waals surface area contributed by atoms with E-state index in [0.29, 0.717) is 4.48 Å². The number of hydrogen-bond acceptors (Lipinski definition) is 1. The van der Waals surface area contributed by atoms with Crippen molar-refractivity contribution in [2.75, 3.05) is 5.88 Å². The SMILES string of the molecule is O[C@@H](CCl)/C(Br)=C/c1ccccc1. The van der Waals surface area contributed by atoms with Gasteiger partial charge in [0.05, 0.1) is 12.0 Å². The van der Waals surface area contributed by atoms with E-state index in [9.17, 15) is 5.11 Å². The molecule has 1 atom stereocenters. The Hall–Kier alpha value is -0.310. The van der Waals surface area contributed by atoms with Crippen LogP contribution in [0.25, 0.3) is 6.08 Å². The van der Waals surface area contributed by atoms with E-state index in [-0.39, 0.29) is 5.88 Å². The van der Waals surface area contributed by atoms with E-state index in [4.69, 9.17) is 11.6 Å². The maximum Gasteiger partial charge on any atom is 0.0989 e. The third-order valence-electron chi connectivity index (χ3n) is 1.57. The molecule has 1 aromatic rings. The van der Waals surface area contributed by atoms with Crippen molar-refractivity contribution in [1.82, 2.24) is 0 Å². The van der Waals surface area contributed by atoms with E-state index < -0.39 is 6.10 Å². The van der Waals surface area contributed by atoms with E-state index >= 15 is 0 Å². The van der Waals surface area contributed by atoms with Crippen LogP contribution in [0.2, 0.25) is 0 Å². The monoisotopic (exact) mass is 260 g/mol. The molecule has 0 spiro atoms. The van der Waals surface area contributed by atoms with Gasteiger partial charge in [-0.1, -0.05) is 46.3 Å². The maximum atomic E-state index is 9.34. The minimum absolute atomic E-state index is 0.198. The van der Waals surface area contributed by atoms with Crippen LogP contribution in [0.15, 0.2) is 34.8 Å². The topological polar surface area (TPSA) is 20.2 Å². The van der Waals surface area contributed by atoms with E-state index in [1.807, 2.05) is 36.4 Å². The number of halogens is 2. The highest BCUT2D eigenvalue weighted by molar-refractivity contribution is 9.11. The van der Waals surface area contributed by atoms with Crippen LogP contribution in [-0.4, -0.2) is 17.1 Å². The molecular formula is C10H10BrClO. The molecule has 1 nitrogen and oxygen atoms in total. The zero-order chi connectivity index (χ0) is 9.68. The Bertz CT molecular complexity index is 284. The fourth-order valence-corrected chi connectivity index (χ4v) is 1.66. The predicted molar refractivity (Wildman–Crippen MR) is 60.1 cm³/mol. The first-order valence-electron chi connectivity index (χ1n) is 3.90. The molecule has 0 heterocycles. The predicted octanol–water partition coefficient (Wildman–Crippen LogP) is 3.02. The molecule has 70 valence electrons. The van der Waals surface area contributed by atoms with Crippen molar-refractivity contribution in [3.05, 3.63) is 40.4 Å². The van der Waals surface area contributed by atoms with Crippen LogP contribution in [0.1, 0.15) is 5.56 Å². The van der Waals surface area contributed by atoms with Crippen LogP contribution < -0.4 is 0 Å². The fraction of sp³-hybridized carbons (Fsp3) is 0.200. The van der Waals surface area contributed by atoms with Gasteiger partial charge in [-0.05, 0) is 11.6 Å². The minimum atomic E-state index is -0.623. The Morgan fingerprint density at radius 2 is 2.08 bits per heavy atom. The third kappa shape index (κ3) is 3.51. The highest BCUT2D eigenvalue weighted by atomic mass is 79.9. The molecule has 13 heavy (non-hydrogen) atoms. The molecule has 0 aliphatic heterocycles. The summed E-state index contributed by atoms with van der Waals surface area (Å²) in [7, 11) is 0. The molecule has 1 aromatic carbocycles. The first kappa shape index (κ1) is 10.8. The highest BCUT2D eigenvalue weighted by Gasteiger charge is 2.05. The Balaban J connectivity index is 2.77. The molecule has 1 rings (SSSR count). The second-order valence-corrected chi connectivity index (χ2v) is 3.83. The van der Waals surface area contributed by atoms with E-state index in [2.05, 4.69) is 15.9 Å². The zero-order valence-electron chi connectivity index (χ0n) is 6.95. The van der Waals surface area contributed by atoms with Crippen molar-refractivity contribution in [2.45, 2.75) is 6.10 Å². The summed E-state index contributed by atoms with van der Waals surface area (Å²) in [5.74, 6) is 0.198. The van der Waals surface area contributed by atoms with Gasteiger partial charge in [-0.2, -0.15) is 0 Å². The lowest BCUT2D eigenvalue weighted by Crippen LogP contribution is -2.07. The molecule has 0 fully saturated rings. The molecule has 0 saturated carbocycles. The number of aliphatic hydroxyl groups excluding tert-OH is 1. The Labute approximate surface area is 91.2 Å². The number of benzene rings is 1. The average molecular weight is 262 g/mol. The normalized spacial score (nSPS) is 14.2. The van der Waals surface area contributed by atoms with Gasteiger partial charge in [0.2, 0.25) is 0 Å². The Kier molecular flexibility index (Phi) is 4.50. The van der Waals surface area contributed by atoms with Gasteiger partial charge in [0.25, 0.3) is 0 Å². The minimum Gasteiger partial charge on any atom is -0.387 e. The van der Waals surface area contributed by atoms with Gasteiger partial charge in [-0.25, -0.2) is 0 Å². The van der Waals surface area contributed by atoms with Crippen LogP contribution >= 0.6 is 27.5 Å². The summed E-state index contributed by atoms with van der Waals surface area (Å²) in [6.07, 6.45) is 1.23. The van der Waals surface area contributed by atoms with Gasteiger partial charge in [0, 0.05) is 4.48 Å². The summed E-state index contributed by atoms with van der Waals surface area (Å²) < 4.78 is 0.703. The quantitative estimate of drug-likeness (QED) is 0.829. The summed E-state index contributed by atoms with van der Waals surface area (Å²) in [4.78, 5) is 0. The molecule has 0 unspecified atom stereocenters. The van der Waals surface area contributed by atoms with Crippen LogP contribution in [0.4, 0.5) is 0 Å². The molecule has 1 N–H and O–H groups in total. The lowest BCUT2D eigenvalue weighted by molar-refractivity contribution is 0.245. The summed E-state index contributed by atoms with van der Waals surface area (Å²) in [6.45, 7) is 0. The number of rotatable bonds is 3. The molecule has 0 saturated heterocycles. The van der Waals surface area contributed by atoms with Gasteiger partial charge < -0.3 is 5.11 Å². The van der Waals surface area contributed by atoms with Gasteiger partial charge in [0.15, 0.2) is 0 Å². The lowest BCUT2D eigenvalue weighted by atomic mass is 10.2. The van der Waals surface area contributed by atoms with Crippen LogP contribution in [0.5, 0.6) is 0 Å². The lowest BCUT2D eigenvalue weighted by Gasteiger charge is -2.04. The van der Waals surface area contributed by atoms with Crippen molar-refractivity contribution in [2.24, 2.45) is 0 Å². The highest BCUT2D eigenvalue weighted by Crippen LogP contribution is 2.16. The molecule has 3 heteroatoms.